The molecule has 1 fully saturated rings. The molecule has 1 aromatic carbocycles. The van der Waals surface area contributed by atoms with E-state index >= 15 is 0 Å². The Hall–Kier alpha value is -1.40. The van der Waals surface area contributed by atoms with Crippen molar-refractivity contribution in [2.75, 3.05) is 5.32 Å². The molecule has 0 saturated carbocycles. The molecule has 0 aliphatic carbocycles. The molecule has 1 aliphatic heterocycles. The van der Waals surface area contributed by atoms with E-state index in [1.54, 1.807) is 0 Å². The molecule has 4 nitrogen and oxygen atoms in total. The van der Waals surface area contributed by atoms with Gasteiger partial charge in [-0.25, -0.2) is 4.98 Å². The van der Waals surface area contributed by atoms with Gasteiger partial charge in [0.05, 0.1) is 5.69 Å². The van der Waals surface area contributed by atoms with Gasteiger partial charge in [0.15, 0.2) is 10.7 Å². The smallest absolute Gasteiger partial charge is 0.306 e. The third-order valence-corrected chi connectivity index (χ3v) is 3.97. The van der Waals surface area contributed by atoms with Gasteiger partial charge in [-0.05, 0) is 19.1 Å². The summed E-state index contributed by atoms with van der Waals surface area (Å²) < 4.78 is 5.38. The van der Waals surface area contributed by atoms with Crippen molar-refractivity contribution in [3.05, 3.63) is 41.4 Å². The number of nitrogens with zero attached hydrogens (tertiary/aromatic N) is 1. The summed E-state index contributed by atoms with van der Waals surface area (Å²) in [6.45, 7) is 1.92. The first-order valence-electron chi connectivity index (χ1n) is 6.16. The van der Waals surface area contributed by atoms with Gasteiger partial charge >= 0.3 is 5.97 Å². The number of anilines is 2. The fraction of sp³-hybridized carbons (Fsp3) is 0.286. The molecule has 1 atom stereocenters. The lowest BCUT2D eigenvalue weighted by molar-refractivity contribution is -0.148. The van der Waals surface area contributed by atoms with Crippen LogP contribution in [-0.4, -0.2) is 11.0 Å². The first-order valence-corrected chi connectivity index (χ1v) is 7.04. The minimum Gasteiger partial charge on any atom is -0.453 e. The molecule has 2 aromatic rings. The van der Waals surface area contributed by atoms with Crippen molar-refractivity contribution in [2.45, 2.75) is 25.4 Å². The number of hydrogen-bond donors (Lipinski definition) is 1. The highest BCUT2D eigenvalue weighted by Gasteiger charge is 2.39. The molecule has 106 valence electrons. The van der Waals surface area contributed by atoms with Gasteiger partial charge in [0.2, 0.25) is 0 Å². The number of halogens is 1. The number of rotatable bonds is 3. The van der Waals surface area contributed by atoms with Crippen molar-refractivity contribution in [2.24, 2.45) is 0 Å². The number of benzene rings is 1. The Morgan fingerprint density at radius 2 is 2.10 bits per heavy atom. The molecule has 1 unspecified atom stereocenters. The van der Waals surface area contributed by atoms with E-state index in [0.717, 1.165) is 16.5 Å². The number of para-hydroxylation sites is 1. The minimum atomic E-state index is -0.565. The number of aromatic nitrogens is 1. The predicted octanol–water partition coefficient (Wildman–Crippen LogP) is 4.02. The molecule has 0 amide bonds. The number of nitrogens with one attached hydrogen (secondary N) is 1. The summed E-state index contributed by atoms with van der Waals surface area (Å²) in [6.07, 6.45) is 1.16. The van der Waals surface area contributed by atoms with Crippen LogP contribution in [0.4, 0.5) is 10.8 Å². The molecule has 0 bridgehead atoms. The van der Waals surface area contributed by atoms with Crippen molar-refractivity contribution < 1.29 is 9.53 Å². The van der Waals surface area contributed by atoms with Crippen LogP contribution in [0.5, 0.6) is 0 Å². The summed E-state index contributed by atoms with van der Waals surface area (Å²) >= 11 is 1.52. The van der Waals surface area contributed by atoms with Gasteiger partial charge < -0.3 is 10.1 Å². The maximum Gasteiger partial charge on any atom is 0.306 e. The van der Waals surface area contributed by atoms with E-state index in [9.17, 15) is 4.79 Å². The van der Waals surface area contributed by atoms with Crippen molar-refractivity contribution in [1.29, 1.82) is 0 Å². The van der Waals surface area contributed by atoms with Gasteiger partial charge in [-0.2, -0.15) is 0 Å². The van der Waals surface area contributed by atoms with Crippen molar-refractivity contribution >= 4 is 45.1 Å². The number of ether oxygens (including phenoxy) is 1. The van der Waals surface area contributed by atoms with Gasteiger partial charge in [0.25, 0.3) is 0 Å². The Balaban J connectivity index is 0.00000147. The fourth-order valence-corrected chi connectivity index (χ4v) is 2.95. The number of esters is 1. The van der Waals surface area contributed by atoms with Crippen LogP contribution < -0.4 is 5.32 Å². The molecule has 1 aliphatic rings. The van der Waals surface area contributed by atoms with Gasteiger partial charge in [-0.3, -0.25) is 4.79 Å². The van der Waals surface area contributed by atoms with Crippen molar-refractivity contribution in [1.82, 2.24) is 4.98 Å². The van der Waals surface area contributed by atoms with Crippen molar-refractivity contribution in [3.63, 3.8) is 0 Å². The predicted molar refractivity (Wildman–Crippen MR) is 84.8 cm³/mol. The number of carbonyl (C=O) groups excluding carboxylic acids is 1. The Morgan fingerprint density at radius 1 is 1.35 bits per heavy atom. The third kappa shape index (κ3) is 3.02. The average molecular weight is 355 g/mol. The highest BCUT2D eigenvalue weighted by atomic mass is 79.9. The number of thiazole rings is 1. The number of carbonyl (C=O) groups is 1. The van der Waals surface area contributed by atoms with Crippen LogP contribution in [0.3, 0.4) is 0 Å². The third-order valence-electron chi connectivity index (χ3n) is 3.22. The highest BCUT2D eigenvalue weighted by molar-refractivity contribution is 8.93. The average Bonchev–Trinajstić information content (AvgIpc) is 2.99. The van der Waals surface area contributed by atoms with Gasteiger partial charge in [-0.1, -0.05) is 18.2 Å². The van der Waals surface area contributed by atoms with Crippen LogP contribution in [0, 0.1) is 0 Å². The molecule has 1 N–H and O–H groups in total. The second-order valence-corrected chi connectivity index (χ2v) is 5.59. The van der Waals surface area contributed by atoms with Crippen molar-refractivity contribution in [3.8, 4) is 0 Å². The quantitative estimate of drug-likeness (QED) is 0.845. The standard InChI is InChI=1S/C14H14N2O2S.BrH/c1-14(8-7-12(17)18-14)11-9-19-13(16-11)15-10-5-3-2-4-6-10;/h2-6,9H,7-8H2,1H3,(H,15,16);1H. The van der Waals surface area contributed by atoms with E-state index in [1.165, 1.54) is 11.3 Å². The van der Waals surface area contributed by atoms with Crippen LogP contribution in [0.1, 0.15) is 25.5 Å². The summed E-state index contributed by atoms with van der Waals surface area (Å²) in [5.74, 6) is -0.145. The zero-order valence-electron chi connectivity index (χ0n) is 11.0. The van der Waals surface area contributed by atoms with E-state index in [0.29, 0.717) is 12.8 Å². The summed E-state index contributed by atoms with van der Waals surface area (Å²) in [6, 6.07) is 9.88. The second-order valence-electron chi connectivity index (χ2n) is 4.73. The first kappa shape index (κ1) is 15.0. The van der Waals surface area contributed by atoms with E-state index in [4.69, 9.17) is 4.74 Å². The highest BCUT2D eigenvalue weighted by Crippen LogP contribution is 2.37. The van der Waals surface area contributed by atoms with E-state index in [1.807, 2.05) is 42.6 Å². The van der Waals surface area contributed by atoms with E-state index < -0.39 is 5.60 Å². The molecule has 0 spiro atoms. The number of cyclic esters (lactones) is 1. The largest absolute Gasteiger partial charge is 0.453 e. The minimum absolute atomic E-state index is 0. The van der Waals surface area contributed by atoms with Crippen LogP contribution in [0.15, 0.2) is 35.7 Å². The normalized spacial score (nSPS) is 21.1. The van der Waals surface area contributed by atoms with Crippen LogP contribution in [-0.2, 0) is 15.1 Å². The Morgan fingerprint density at radius 3 is 2.75 bits per heavy atom. The first-order chi connectivity index (χ1) is 9.16. The Labute approximate surface area is 132 Å². The molecular weight excluding hydrogens is 340 g/mol. The van der Waals surface area contributed by atoms with Gasteiger partial charge in [0.1, 0.15) is 0 Å². The van der Waals surface area contributed by atoms with Crippen LogP contribution >= 0.6 is 28.3 Å². The fourth-order valence-electron chi connectivity index (χ4n) is 2.09. The molecule has 3 rings (SSSR count). The SMILES string of the molecule is Br.CC1(c2csc(Nc3ccccc3)n2)CCC(=O)O1. The zero-order valence-corrected chi connectivity index (χ0v) is 13.5. The summed E-state index contributed by atoms with van der Waals surface area (Å²) in [7, 11) is 0. The lowest BCUT2D eigenvalue weighted by atomic mass is 10.00. The summed E-state index contributed by atoms with van der Waals surface area (Å²) in [5, 5.41) is 6.00. The van der Waals surface area contributed by atoms with E-state index in [2.05, 4.69) is 10.3 Å². The molecule has 1 saturated heterocycles. The molecule has 2 heterocycles. The molecule has 0 radical (unpaired) electrons. The van der Waals surface area contributed by atoms with Crippen LogP contribution in [0.2, 0.25) is 0 Å². The topological polar surface area (TPSA) is 51.2 Å². The maximum absolute atomic E-state index is 11.3. The van der Waals surface area contributed by atoms with Gasteiger partial charge in [0, 0.05) is 23.9 Å². The lowest BCUT2D eigenvalue weighted by Crippen LogP contribution is -2.21. The summed E-state index contributed by atoms with van der Waals surface area (Å²) in [5.41, 5.74) is 1.25. The molecule has 1 aromatic heterocycles. The van der Waals surface area contributed by atoms with Gasteiger partial charge in [-0.15, -0.1) is 28.3 Å². The number of hydrogen-bond acceptors (Lipinski definition) is 5. The van der Waals surface area contributed by atoms with Crippen LogP contribution in [0.25, 0.3) is 0 Å². The zero-order chi connectivity index (χ0) is 13.3. The second kappa shape index (κ2) is 5.93. The molecular formula is C14H15BrN2O2S. The molecule has 6 heteroatoms. The monoisotopic (exact) mass is 354 g/mol. The summed E-state index contributed by atoms with van der Waals surface area (Å²) in [4.78, 5) is 15.8. The lowest BCUT2D eigenvalue weighted by Gasteiger charge is -2.19. The molecule has 20 heavy (non-hydrogen) atoms. The Bertz CT molecular complexity index is 602. The maximum atomic E-state index is 11.3. The Kier molecular flexibility index (Phi) is 4.45. The van der Waals surface area contributed by atoms with E-state index in [-0.39, 0.29) is 23.0 Å².